The highest BCUT2D eigenvalue weighted by Crippen LogP contribution is 2.42. The average Bonchev–Trinajstić information content (AvgIpc) is 3.34. The molecule has 0 bridgehead atoms. The molecule has 5 nitrogen and oxygen atoms in total. The molecule has 0 aliphatic carbocycles. The van der Waals surface area contributed by atoms with Gasteiger partial charge in [0, 0.05) is 29.5 Å². The number of hydrogen-bond acceptors (Lipinski definition) is 3. The second-order valence-electron chi connectivity index (χ2n) is 7.78. The summed E-state index contributed by atoms with van der Waals surface area (Å²) in [6.45, 7) is 4.22. The second-order valence-corrected chi connectivity index (χ2v) is 8.17. The van der Waals surface area contributed by atoms with Crippen molar-refractivity contribution >= 4 is 23.0 Å². The number of hydrogen-bond donors (Lipinski definition) is 1. The molecule has 1 aliphatic rings. The van der Waals surface area contributed by atoms with E-state index in [0.29, 0.717) is 5.11 Å². The Kier molecular flexibility index (Phi) is 5.00. The number of pyridine rings is 2. The highest BCUT2D eigenvalue weighted by atomic mass is 32.1. The molecule has 0 amide bonds. The zero-order valence-electron chi connectivity index (χ0n) is 17.4. The zero-order chi connectivity index (χ0) is 21.4. The van der Waals surface area contributed by atoms with E-state index in [1.807, 2.05) is 30.6 Å². The minimum absolute atomic E-state index is 0.0712. The number of thiocarbonyl (C=S) groups is 1. The number of rotatable bonds is 4. The minimum Gasteiger partial charge on any atom is -0.351 e. The van der Waals surface area contributed by atoms with Crippen LogP contribution in [0.1, 0.15) is 34.7 Å². The molecule has 0 unspecified atom stereocenters. The first-order valence-electron chi connectivity index (χ1n) is 10.3. The molecule has 6 heteroatoms. The van der Waals surface area contributed by atoms with Crippen LogP contribution in [-0.2, 0) is 0 Å². The van der Waals surface area contributed by atoms with Gasteiger partial charge in [-0.05, 0) is 80.2 Å². The van der Waals surface area contributed by atoms with E-state index >= 15 is 0 Å². The maximum Gasteiger partial charge on any atom is 0.174 e. The molecule has 4 heterocycles. The fourth-order valence-corrected chi connectivity index (χ4v) is 4.69. The number of aromatic nitrogens is 3. The number of anilines is 1. The lowest BCUT2D eigenvalue weighted by molar-refractivity contribution is 0.548. The molecule has 0 saturated carbocycles. The zero-order valence-corrected chi connectivity index (χ0v) is 18.3. The van der Waals surface area contributed by atoms with E-state index in [9.17, 15) is 0 Å². The summed E-state index contributed by atoms with van der Waals surface area (Å²) in [5.41, 5.74) is 6.53. The van der Waals surface area contributed by atoms with Crippen molar-refractivity contribution < 1.29 is 0 Å². The monoisotopic (exact) mass is 425 g/mol. The summed E-state index contributed by atoms with van der Waals surface area (Å²) in [6, 6.07) is 22.7. The van der Waals surface area contributed by atoms with Gasteiger partial charge in [-0.2, -0.15) is 0 Å². The minimum atomic E-state index is -0.0843. The van der Waals surface area contributed by atoms with Gasteiger partial charge < -0.3 is 14.8 Å². The number of nitrogens with zero attached hydrogens (tertiary/aromatic N) is 4. The molecule has 1 aromatic carbocycles. The summed E-state index contributed by atoms with van der Waals surface area (Å²) in [5, 5.41) is 4.24. The van der Waals surface area contributed by atoms with Crippen LogP contribution >= 0.6 is 12.2 Å². The van der Waals surface area contributed by atoms with Crippen LogP contribution < -0.4 is 10.2 Å². The normalized spacial score (nSPS) is 18.3. The molecular weight excluding hydrogens is 402 g/mol. The average molecular weight is 426 g/mol. The topological polar surface area (TPSA) is 46.0 Å². The molecule has 1 fully saturated rings. The quantitative estimate of drug-likeness (QED) is 0.463. The molecule has 5 rings (SSSR count). The lowest BCUT2D eigenvalue weighted by Crippen LogP contribution is -2.30. The smallest absolute Gasteiger partial charge is 0.174 e. The molecule has 4 aromatic rings. The van der Waals surface area contributed by atoms with Gasteiger partial charge in [-0.1, -0.05) is 18.2 Å². The van der Waals surface area contributed by atoms with Crippen molar-refractivity contribution in [3.63, 3.8) is 0 Å². The van der Waals surface area contributed by atoms with E-state index in [-0.39, 0.29) is 12.1 Å². The van der Waals surface area contributed by atoms with Crippen molar-refractivity contribution in [2.45, 2.75) is 25.9 Å². The van der Waals surface area contributed by atoms with Crippen LogP contribution in [0.25, 0.3) is 5.69 Å². The third kappa shape index (κ3) is 3.49. The number of benzene rings is 1. The lowest BCUT2D eigenvalue weighted by Gasteiger charge is -2.29. The number of nitrogens with one attached hydrogen (secondary N) is 1. The molecule has 31 heavy (non-hydrogen) atoms. The Morgan fingerprint density at radius 2 is 1.77 bits per heavy atom. The van der Waals surface area contributed by atoms with Gasteiger partial charge in [-0.15, -0.1) is 0 Å². The van der Waals surface area contributed by atoms with Crippen LogP contribution in [0.2, 0.25) is 0 Å². The molecule has 0 radical (unpaired) electrons. The summed E-state index contributed by atoms with van der Waals surface area (Å²) < 4.78 is 2.26. The fourth-order valence-electron chi connectivity index (χ4n) is 4.34. The van der Waals surface area contributed by atoms with Crippen molar-refractivity contribution in [3.05, 3.63) is 108 Å². The molecule has 1 aliphatic heterocycles. The standard InChI is InChI=1S/C25H23N5S/c1-17-7-5-8-19(15-17)30-24(23(28-25(30)31)21-10-3-4-14-27-21)22-12-11-18(2)29(22)20-9-6-13-26-16-20/h3-16,23-24H,1-2H3,(H,28,31)/t23-,24-/m1/s1. The van der Waals surface area contributed by atoms with Gasteiger partial charge in [0.15, 0.2) is 5.11 Å². The van der Waals surface area contributed by atoms with Gasteiger partial charge in [0.1, 0.15) is 6.04 Å². The van der Waals surface area contributed by atoms with Crippen molar-refractivity contribution in [1.82, 2.24) is 19.9 Å². The van der Waals surface area contributed by atoms with Gasteiger partial charge in [0.2, 0.25) is 0 Å². The van der Waals surface area contributed by atoms with Gasteiger partial charge in [-0.25, -0.2) is 0 Å². The maximum absolute atomic E-state index is 5.85. The van der Waals surface area contributed by atoms with E-state index in [4.69, 9.17) is 12.2 Å². The summed E-state index contributed by atoms with van der Waals surface area (Å²) in [5.74, 6) is 0. The molecular formula is C25H23N5S. The van der Waals surface area contributed by atoms with E-state index in [2.05, 4.69) is 87.1 Å². The van der Waals surface area contributed by atoms with Crippen LogP contribution in [-0.4, -0.2) is 19.6 Å². The predicted octanol–water partition coefficient (Wildman–Crippen LogP) is 5.06. The van der Waals surface area contributed by atoms with Crippen LogP contribution in [0, 0.1) is 13.8 Å². The van der Waals surface area contributed by atoms with E-state index in [1.165, 1.54) is 5.56 Å². The fraction of sp³-hybridized carbons (Fsp3) is 0.160. The third-order valence-corrected chi connectivity index (χ3v) is 6.01. The lowest BCUT2D eigenvalue weighted by atomic mass is 10.0. The maximum atomic E-state index is 5.85. The Labute approximate surface area is 187 Å². The molecule has 154 valence electrons. The third-order valence-electron chi connectivity index (χ3n) is 5.69. The first-order chi connectivity index (χ1) is 15.1. The van der Waals surface area contributed by atoms with Crippen LogP contribution in [0.15, 0.2) is 85.3 Å². The van der Waals surface area contributed by atoms with E-state index < -0.39 is 0 Å². The second kappa shape index (κ2) is 7.96. The van der Waals surface area contributed by atoms with E-state index in [0.717, 1.165) is 28.5 Å². The van der Waals surface area contributed by atoms with Crippen molar-refractivity contribution in [2.75, 3.05) is 4.90 Å². The van der Waals surface area contributed by atoms with Gasteiger partial charge in [0.05, 0.1) is 23.6 Å². The molecule has 3 aromatic heterocycles. The summed E-state index contributed by atoms with van der Waals surface area (Å²) in [7, 11) is 0. The highest BCUT2D eigenvalue weighted by Gasteiger charge is 2.42. The Morgan fingerprint density at radius 3 is 2.52 bits per heavy atom. The highest BCUT2D eigenvalue weighted by molar-refractivity contribution is 7.80. The molecule has 1 N–H and O–H groups in total. The van der Waals surface area contributed by atoms with Crippen molar-refractivity contribution in [2.24, 2.45) is 0 Å². The molecule has 0 spiro atoms. The van der Waals surface area contributed by atoms with Crippen LogP contribution in [0.3, 0.4) is 0 Å². The number of aryl methyl sites for hydroxylation is 2. The summed E-state index contributed by atoms with van der Waals surface area (Å²) >= 11 is 5.85. The van der Waals surface area contributed by atoms with Crippen molar-refractivity contribution in [1.29, 1.82) is 0 Å². The summed E-state index contributed by atoms with van der Waals surface area (Å²) in [4.78, 5) is 11.2. The molecule has 1 saturated heterocycles. The van der Waals surface area contributed by atoms with Gasteiger partial charge in [0.25, 0.3) is 0 Å². The largest absolute Gasteiger partial charge is 0.351 e. The van der Waals surface area contributed by atoms with Crippen LogP contribution in [0.4, 0.5) is 5.69 Å². The predicted molar refractivity (Wildman–Crippen MR) is 127 cm³/mol. The molecule has 2 atom stereocenters. The first kappa shape index (κ1) is 19.5. The Hall–Kier alpha value is -3.51. The van der Waals surface area contributed by atoms with Gasteiger partial charge >= 0.3 is 0 Å². The van der Waals surface area contributed by atoms with E-state index in [1.54, 1.807) is 6.20 Å². The Bertz CT molecular complexity index is 1220. The first-order valence-corrected chi connectivity index (χ1v) is 10.7. The Morgan fingerprint density at radius 1 is 0.903 bits per heavy atom. The van der Waals surface area contributed by atoms with Gasteiger partial charge in [-0.3, -0.25) is 9.97 Å². The SMILES string of the molecule is Cc1cccc(N2C(=S)N[C@H](c3ccccn3)[C@H]2c2ccc(C)n2-c2cccnc2)c1. The summed E-state index contributed by atoms with van der Waals surface area (Å²) in [6.07, 6.45) is 5.52. The Balaban J connectivity index is 1.71. The van der Waals surface area contributed by atoms with Crippen molar-refractivity contribution in [3.8, 4) is 5.69 Å². The van der Waals surface area contributed by atoms with Crippen LogP contribution in [0.5, 0.6) is 0 Å².